The van der Waals surface area contributed by atoms with Gasteiger partial charge < -0.3 is 10.2 Å². The van der Waals surface area contributed by atoms with Gasteiger partial charge in [0.1, 0.15) is 11.2 Å². The second-order valence-corrected chi connectivity index (χ2v) is 8.16. The molecule has 10 heteroatoms. The number of carbonyl (C=O) groups excluding carboxylic acids is 1. The van der Waals surface area contributed by atoms with Gasteiger partial charge in [0.05, 0.1) is 12.1 Å². The van der Waals surface area contributed by atoms with Crippen LogP contribution < -0.4 is 10.2 Å². The molecule has 2 fully saturated rings. The molecule has 150 valence electrons. The quantitative estimate of drug-likeness (QED) is 0.803. The Bertz CT molecular complexity index is 848. The number of benzene rings is 1. The first kappa shape index (κ1) is 19.0. The molecule has 2 aliphatic rings. The van der Waals surface area contributed by atoms with Gasteiger partial charge in [0.2, 0.25) is 5.13 Å². The Labute approximate surface area is 164 Å². The summed E-state index contributed by atoms with van der Waals surface area (Å²) in [6.45, 7) is 0.387. The molecule has 2 amide bonds. The van der Waals surface area contributed by atoms with Gasteiger partial charge in [-0.1, -0.05) is 24.2 Å². The lowest BCUT2D eigenvalue weighted by Crippen LogP contribution is -2.39. The van der Waals surface area contributed by atoms with Crippen LogP contribution in [0.5, 0.6) is 0 Å². The van der Waals surface area contributed by atoms with Crippen LogP contribution in [0.1, 0.15) is 42.2 Å². The highest BCUT2D eigenvalue weighted by molar-refractivity contribution is 7.15. The topological polar surface area (TPSA) is 61.4 Å². The van der Waals surface area contributed by atoms with Gasteiger partial charge in [0.25, 0.3) is 0 Å². The predicted molar refractivity (Wildman–Crippen MR) is 100 cm³/mol. The normalized spacial score (nSPS) is 21.0. The maximum atomic E-state index is 12.7. The molecule has 28 heavy (non-hydrogen) atoms. The number of anilines is 2. The summed E-state index contributed by atoms with van der Waals surface area (Å²) in [6.07, 6.45) is -0.256. The molecule has 1 saturated heterocycles. The summed E-state index contributed by atoms with van der Waals surface area (Å²) in [5.74, 6) is 0.406. The molecular formula is C18H20F3N5OS. The number of hydrogen-bond donors (Lipinski definition) is 1. The average Bonchev–Trinajstić information content (AvgIpc) is 3.37. The maximum absolute atomic E-state index is 12.7. The number of hydrogen-bond acceptors (Lipinski definition) is 5. The van der Waals surface area contributed by atoms with Gasteiger partial charge in [-0.05, 0) is 37.1 Å². The minimum Gasteiger partial charge on any atom is -0.363 e. The lowest BCUT2D eigenvalue weighted by atomic mass is 10.1. The number of halogens is 3. The summed E-state index contributed by atoms with van der Waals surface area (Å²) in [5, 5.41) is 13.1. The van der Waals surface area contributed by atoms with Crippen molar-refractivity contribution in [3.8, 4) is 0 Å². The van der Waals surface area contributed by atoms with Crippen LogP contribution in [-0.4, -0.2) is 40.9 Å². The molecule has 1 saturated carbocycles. The van der Waals surface area contributed by atoms with Crippen molar-refractivity contribution in [3.63, 3.8) is 0 Å². The van der Waals surface area contributed by atoms with Crippen molar-refractivity contribution in [1.82, 2.24) is 15.1 Å². The molecule has 1 aliphatic carbocycles. The van der Waals surface area contributed by atoms with Gasteiger partial charge in [-0.25, -0.2) is 9.69 Å². The molecule has 4 rings (SSSR count). The number of rotatable bonds is 4. The lowest BCUT2D eigenvalue weighted by molar-refractivity contribution is -0.137. The largest absolute Gasteiger partial charge is 0.416 e. The summed E-state index contributed by atoms with van der Waals surface area (Å²) < 4.78 is 38.2. The molecule has 1 atom stereocenters. The van der Waals surface area contributed by atoms with E-state index in [4.69, 9.17) is 0 Å². The smallest absolute Gasteiger partial charge is 0.363 e. The Morgan fingerprint density at radius 2 is 1.82 bits per heavy atom. The van der Waals surface area contributed by atoms with Gasteiger partial charge in [0, 0.05) is 18.7 Å². The third-order valence-corrected chi connectivity index (χ3v) is 6.26. The fourth-order valence-electron chi connectivity index (χ4n) is 3.67. The molecule has 6 nitrogen and oxygen atoms in total. The van der Waals surface area contributed by atoms with E-state index in [2.05, 4.69) is 15.5 Å². The minimum atomic E-state index is -4.38. The highest BCUT2D eigenvalue weighted by Crippen LogP contribution is 2.38. The minimum absolute atomic E-state index is 0.210. The molecule has 0 radical (unpaired) electrons. The number of urea groups is 1. The summed E-state index contributed by atoms with van der Waals surface area (Å²) >= 11 is 1.42. The van der Waals surface area contributed by atoms with Crippen LogP contribution in [0.3, 0.4) is 0 Å². The van der Waals surface area contributed by atoms with Crippen LogP contribution in [0.4, 0.5) is 28.8 Å². The highest BCUT2D eigenvalue weighted by atomic mass is 32.1. The van der Waals surface area contributed by atoms with Gasteiger partial charge >= 0.3 is 12.2 Å². The van der Waals surface area contributed by atoms with E-state index in [1.54, 1.807) is 11.9 Å². The molecule has 0 bridgehead atoms. The summed E-state index contributed by atoms with van der Waals surface area (Å²) in [6, 6.07) is 4.58. The summed E-state index contributed by atoms with van der Waals surface area (Å²) in [5.41, 5.74) is -0.202. The average molecular weight is 411 g/mol. The first-order valence-electron chi connectivity index (χ1n) is 9.14. The molecule has 2 heterocycles. The Morgan fingerprint density at radius 1 is 1.14 bits per heavy atom. The zero-order valence-corrected chi connectivity index (χ0v) is 16.1. The number of aromatic nitrogens is 2. The number of carbonyl (C=O) groups is 1. The van der Waals surface area contributed by atoms with E-state index in [1.807, 2.05) is 0 Å². The zero-order chi connectivity index (χ0) is 19.9. The highest BCUT2D eigenvalue weighted by Gasteiger charge is 2.39. The van der Waals surface area contributed by atoms with Crippen molar-refractivity contribution < 1.29 is 18.0 Å². The standard InChI is InChI=1S/C18H20F3N5OS/c1-25-10-14(22-13-8-6-12(7-9-13)18(19,20)21)26(17(25)27)16-24-23-15(28-16)11-4-2-3-5-11/h6-9,11,14,22H,2-5,10H2,1H3. The van der Waals surface area contributed by atoms with Crippen LogP contribution >= 0.6 is 11.3 Å². The number of amides is 2. The fraction of sp³-hybridized carbons (Fsp3) is 0.500. The maximum Gasteiger partial charge on any atom is 0.416 e. The molecule has 1 unspecified atom stereocenters. The van der Waals surface area contributed by atoms with Crippen molar-refractivity contribution in [2.24, 2.45) is 0 Å². The Hall–Kier alpha value is -2.36. The van der Waals surface area contributed by atoms with Crippen LogP contribution in [0.15, 0.2) is 24.3 Å². The van der Waals surface area contributed by atoms with E-state index in [1.165, 1.54) is 41.2 Å². The molecule has 2 aromatic rings. The Kier molecular flexibility index (Phi) is 4.90. The van der Waals surface area contributed by atoms with Gasteiger partial charge in [-0.3, -0.25) is 0 Å². The van der Waals surface area contributed by atoms with Crippen molar-refractivity contribution >= 4 is 28.2 Å². The van der Waals surface area contributed by atoms with Gasteiger partial charge in [0.15, 0.2) is 0 Å². The van der Waals surface area contributed by atoms with Gasteiger partial charge in [-0.15, -0.1) is 10.2 Å². The van der Waals surface area contributed by atoms with Crippen LogP contribution in [0, 0.1) is 0 Å². The number of nitrogens with one attached hydrogen (secondary N) is 1. The predicted octanol–water partition coefficient (Wildman–Crippen LogP) is 4.52. The summed E-state index contributed by atoms with van der Waals surface area (Å²) in [7, 11) is 1.68. The SMILES string of the molecule is CN1CC(Nc2ccc(C(F)(F)F)cc2)N(c2nnc(C3CCCC3)s2)C1=O. The van der Waals surface area contributed by atoms with Gasteiger partial charge in [-0.2, -0.15) is 13.2 Å². The molecular weight excluding hydrogens is 391 g/mol. The molecule has 1 N–H and O–H groups in total. The second-order valence-electron chi connectivity index (χ2n) is 7.17. The van der Waals surface area contributed by atoms with E-state index in [9.17, 15) is 18.0 Å². The number of alkyl halides is 3. The third kappa shape index (κ3) is 3.65. The van der Waals surface area contributed by atoms with E-state index in [0.29, 0.717) is 23.3 Å². The van der Waals surface area contributed by atoms with E-state index >= 15 is 0 Å². The zero-order valence-electron chi connectivity index (χ0n) is 15.2. The van der Waals surface area contributed by atoms with Crippen LogP contribution in [0.25, 0.3) is 0 Å². The van der Waals surface area contributed by atoms with Crippen molar-refractivity contribution in [3.05, 3.63) is 34.8 Å². The Morgan fingerprint density at radius 3 is 2.46 bits per heavy atom. The van der Waals surface area contributed by atoms with Crippen molar-refractivity contribution in [1.29, 1.82) is 0 Å². The Balaban J connectivity index is 1.53. The monoisotopic (exact) mass is 411 g/mol. The first-order chi connectivity index (χ1) is 13.3. The molecule has 1 aromatic carbocycles. The van der Waals surface area contributed by atoms with E-state index in [0.717, 1.165) is 30.0 Å². The lowest BCUT2D eigenvalue weighted by Gasteiger charge is -2.22. The van der Waals surface area contributed by atoms with Crippen molar-refractivity contribution in [2.75, 3.05) is 23.8 Å². The third-order valence-electron chi connectivity index (χ3n) is 5.18. The van der Waals surface area contributed by atoms with E-state index in [-0.39, 0.29) is 6.03 Å². The second kappa shape index (κ2) is 7.23. The summed E-state index contributed by atoms with van der Waals surface area (Å²) in [4.78, 5) is 15.7. The van der Waals surface area contributed by atoms with Crippen LogP contribution in [0.2, 0.25) is 0 Å². The molecule has 1 aliphatic heterocycles. The molecule has 0 spiro atoms. The first-order valence-corrected chi connectivity index (χ1v) is 9.96. The van der Waals surface area contributed by atoms with Crippen LogP contribution in [-0.2, 0) is 6.18 Å². The van der Waals surface area contributed by atoms with E-state index < -0.39 is 17.9 Å². The molecule has 1 aromatic heterocycles. The number of likely N-dealkylation sites (N-methyl/N-ethyl adjacent to an activating group) is 1. The van der Waals surface area contributed by atoms with Crippen molar-refractivity contribution in [2.45, 2.75) is 43.9 Å². The fourth-order valence-corrected chi connectivity index (χ4v) is 4.73. The number of nitrogens with zero attached hydrogens (tertiary/aromatic N) is 4.